The van der Waals surface area contributed by atoms with Crippen LogP contribution >= 0.6 is 0 Å². The molecule has 1 aromatic carbocycles. The Morgan fingerprint density at radius 2 is 2.09 bits per heavy atom. The summed E-state index contributed by atoms with van der Waals surface area (Å²) in [6.45, 7) is 0.427. The minimum absolute atomic E-state index is 0.0615. The van der Waals surface area contributed by atoms with Gasteiger partial charge in [0.15, 0.2) is 5.82 Å². The van der Waals surface area contributed by atoms with Crippen LogP contribution in [0.15, 0.2) is 47.2 Å². The molecule has 2 heterocycles. The highest BCUT2D eigenvalue weighted by atomic mass is 19.1. The van der Waals surface area contributed by atoms with E-state index >= 15 is 0 Å². The molecule has 0 aliphatic rings. The van der Waals surface area contributed by atoms with Gasteiger partial charge in [0.25, 0.3) is 0 Å². The second kappa shape index (κ2) is 6.17. The molecule has 8 heteroatoms. The van der Waals surface area contributed by atoms with Gasteiger partial charge >= 0.3 is 0 Å². The van der Waals surface area contributed by atoms with Crippen molar-refractivity contribution in [2.45, 2.75) is 6.54 Å². The second-order valence-electron chi connectivity index (χ2n) is 4.35. The standard InChI is InChI=1S/C14H11F2N5O/c15-9-3-4-12(11(16)6-9)19-14-20-13(8-18-21-14)17-7-10-2-1-5-22-10/h1-6,8H,7H2,(H2,17,19,20,21). The maximum Gasteiger partial charge on any atom is 0.249 e. The molecule has 22 heavy (non-hydrogen) atoms. The summed E-state index contributed by atoms with van der Waals surface area (Å²) in [5, 5.41) is 13.1. The van der Waals surface area contributed by atoms with Crippen molar-refractivity contribution < 1.29 is 13.2 Å². The lowest BCUT2D eigenvalue weighted by Crippen LogP contribution is -2.06. The number of nitrogens with zero attached hydrogens (tertiary/aromatic N) is 3. The van der Waals surface area contributed by atoms with Crippen LogP contribution in [-0.4, -0.2) is 15.2 Å². The van der Waals surface area contributed by atoms with Crippen LogP contribution in [0.25, 0.3) is 0 Å². The van der Waals surface area contributed by atoms with Crippen LogP contribution in [0, 0.1) is 11.6 Å². The first-order valence-electron chi connectivity index (χ1n) is 6.39. The van der Waals surface area contributed by atoms with Crippen molar-refractivity contribution in [3.05, 3.63) is 60.2 Å². The molecule has 0 radical (unpaired) electrons. The topological polar surface area (TPSA) is 75.9 Å². The largest absolute Gasteiger partial charge is 0.467 e. The van der Waals surface area contributed by atoms with Crippen LogP contribution < -0.4 is 10.6 Å². The normalized spacial score (nSPS) is 10.5. The quantitative estimate of drug-likeness (QED) is 0.754. The summed E-state index contributed by atoms with van der Waals surface area (Å²) < 4.78 is 31.6. The lowest BCUT2D eigenvalue weighted by Gasteiger charge is -2.07. The molecular formula is C14H11F2N5O. The van der Waals surface area contributed by atoms with Gasteiger partial charge in [0.2, 0.25) is 5.95 Å². The first-order chi connectivity index (χ1) is 10.7. The molecule has 0 fully saturated rings. The fourth-order valence-electron chi connectivity index (χ4n) is 1.74. The number of furan rings is 1. The molecule has 3 rings (SSSR count). The van der Waals surface area contributed by atoms with Crippen LogP contribution in [0.1, 0.15) is 5.76 Å². The zero-order valence-electron chi connectivity index (χ0n) is 11.3. The monoisotopic (exact) mass is 303 g/mol. The summed E-state index contributed by atoms with van der Waals surface area (Å²) in [6.07, 6.45) is 2.99. The number of aromatic nitrogens is 3. The number of halogens is 2. The number of rotatable bonds is 5. The molecule has 2 aromatic heterocycles. The Morgan fingerprint density at radius 1 is 1.18 bits per heavy atom. The fraction of sp³-hybridized carbons (Fsp3) is 0.0714. The van der Waals surface area contributed by atoms with E-state index in [1.165, 1.54) is 12.3 Å². The molecule has 0 spiro atoms. The third-order valence-electron chi connectivity index (χ3n) is 2.76. The van der Waals surface area contributed by atoms with E-state index in [4.69, 9.17) is 4.42 Å². The van der Waals surface area contributed by atoms with E-state index in [9.17, 15) is 8.78 Å². The molecule has 0 aliphatic heterocycles. The summed E-state index contributed by atoms with van der Waals surface area (Å²) in [7, 11) is 0. The number of benzene rings is 1. The lowest BCUT2D eigenvalue weighted by molar-refractivity contribution is 0.517. The fourth-order valence-corrected chi connectivity index (χ4v) is 1.74. The number of nitrogens with one attached hydrogen (secondary N) is 2. The van der Waals surface area contributed by atoms with Gasteiger partial charge in [-0.25, -0.2) is 8.78 Å². The molecule has 0 saturated heterocycles. The zero-order valence-corrected chi connectivity index (χ0v) is 11.3. The van der Waals surface area contributed by atoms with Gasteiger partial charge in [0.05, 0.1) is 24.7 Å². The predicted octanol–water partition coefficient (Wildman–Crippen LogP) is 3.10. The number of hydrogen-bond donors (Lipinski definition) is 2. The van der Waals surface area contributed by atoms with Crippen molar-refractivity contribution >= 4 is 17.5 Å². The second-order valence-corrected chi connectivity index (χ2v) is 4.35. The molecule has 0 unspecified atom stereocenters. The Bertz CT molecular complexity index is 764. The SMILES string of the molecule is Fc1ccc(Nc2nncc(NCc3ccco3)n2)c(F)c1. The van der Waals surface area contributed by atoms with Crippen molar-refractivity contribution in [1.82, 2.24) is 15.2 Å². The molecule has 0 saturated carbocycles. The first-order valence-corrected chi connectivity index (χ1v) is 6.39. The summed E-state index contributed by atoms with van der Waals surface area (Å²) in [5.41, 5.74) is 0.0615. The van der Waals surface area contributed by atoms with Gasteiger partial charge in [-0.2, -0.15) is 10.1 Å². The van der Waals surface area contributed by atoms with Crippen LogP contribution in [-0.2, 0) is 6.54 Å². The third kappa shape index (κ3) is 3.35. The van der Waals surface area contributed by atoms with E-state index < -0.39 is 11.6 Å². The smallest absolute Gasteiger partial charge is 0.249 e. The molecule has 0 bridgehead atoms. The highest BCUT2D eigenvalue weighted by Crippen LogP contribution is 2.18. The van der Waals surface area contributed by atoms with Gasteiger partial charge in [-0.05, 0) is 24.3 Å². The summed E-state index contributed by atoms with van der Waals surface area (Å²) in [6, 6.07) is 6.76. The van der Waals surface area contributed by atoms with E-state index in [1.807, 2.05) is 6.07 Å². The Balaban J connectivity index is 1.70. The Labute approximate surface area is 124 Å². The van der Waals surface area contributed by atoms with Crippen LogP contribution in [0.4, 0.5) is 26.2 Å². The van der Waals surface area contributed by atoms with Gasteiger partial charge in [0, 0.05) is 6.07 Å². The van der Waals surface area contributed by atoms with Gasteiger partial charge in [-0.3, -0.25) is 0 Å². The molecule has 0 aliphatic carbocycles. The van der Waals surface area contributed by atoms with Crippen molar-refractivity contribution in [1.29, 1.82) is 0 Å². The van der Waals surface area contributed by atoms with Gasteiger partial charge in [0.1, 0.15) is 17.4 Å². The highest BCUT2D eigenvalue weighted by Gasteiger charge is 2.07. The molecule has 2 N–H and O–H groups in total. The van der Waals surface area contributed by atoms with E-state index in [1.54, 1.807) is 12.3 Å². The summed E-state index contributed by atoms with van der Waals surface area (Å²) in [4.78, 5) is 4.13. The Hall–Kier alpha value is -3.03. The van der Waals surface area contributed by atoms with Gasteiger partial charge in [-0.15, -0.1) is 5.10 Å². The van der Waals surface area contributed by atoms with Crippen molar-refractivity contribution in [2.24, 2.45) is 0 Å². The van der Waals surface area contributed by atoms with Crippen molar-refractivity contribution in [2.75, 3.05) is 10.6 Å². The Morgan fingerprint density at radius 3 is 2.86 bits per heavy atom. The molecular weight excluding hydrogens is 292 g/mol. The molecule has 6 nitrogen and oxygen atoms in total. The number of hydrogen-bond acceptors (Lipinski definition) is 6. The van der Waals surface area contributed by atoms with Gasteiger partial charge in [-0.1, -0.05) is 0 Å². The van der Waals surface area contributed by atoms with E-state index in [2.05, 4.69) is 25.8 Å². The number of anilines is 3. The Kier molecular flexibility index (Phi) is 3.90. The highest BCUT2D eigenvalue weighted by molar-refractivity contribution is 5.54. The summed E-state index contributed by atoms with van der Waals surface area (Å²) in [5.74, 6) is -0.127. The maximum absolute atomic E-state index is 13.6. The van der Waals surface area contributed by atoms with E-state index in [0.29, 0.717) is 12.4 Å². The minimum atomic E-state index is -0.738. The van der Waals surface area contributed by atoms with E-state index in [-0.39, 0.29) is 11.6 Å². The third-order valence-corrected chi connectivity index (χ3v) is 2.76. The first kappa shape index (κ1) is 13.9. The van der Waals surface area contributed by atoms with Crippen LogP contribution in [0.2, 0.25) is 0 Å². The van der Waals surface area contributed by atoms with Crippen molar-refractivity contribution in [3.8, 4) is 0 Å². The van der Waals surface area contributed by atoms with Crippen molar-refractivity contribution in [3.63, 3.8) is 0 Å². The zero-order chi connectivity index (χ0) is 15.4. The summed E-state index contributed by atoms with van der Waals surface area (Å²) >= 11 is 0. The lowest BCUT2D eigenvalue weighted by atomic mass is 10.3. The average molecular weight is 303 g/mol. The molecule has 0 amide bonds. The predicted molar refractivity (Wildman–Crippen MR) is 75.5 cm³/mol. The van der Waals surface area contributed by atoms with E-state index in [0.717, 1.165) is 17.9 Å². The minimum Gasteiger partial charge on any atom is -0.467 e. The molecule has 112 valence electrons. The molecule has 3 aromatic rings. The van der Waals surface area contributed by atoms with Gasteiger partial charge < -0.3 is 15.1 Å². The van der Waals surface area contributed by atoms with Crippen LogP contribution in [0.5, 0.6) is 0 Å². The van der Waals surface area contributed by atoms with Crippen LogP contribution in [0.3, 0.4) is 0 Å². The maximum atomic E-state index is 13.6. The molecule has 0 atom stereocenters. The average Bonchev–Trinajstić information content (AvgIpc) is 3.02.